The van der Waals surface area contributed by atoms with Crippen molar-refractivity contribution in [1.29, 1.82) is 0 Å². The number of nitrogens with zero attached hydrogens (tertiary/aromatic N) is 3. The molecule has 8 heteroatoms. The van der Waals surface area contributed by atoms with Gasteiger partial charge < -0.3 is 15.0 Å². The fourth-order valence-electron chi connectivity index (χ4n) is 3.11. The summed E-state index contributed by atoms with van der Waals surface area (Å²) in [4.78, 5) is 35.9. The first kappa shape index (κ1) is 18.7. The number of pyridine rings is 1. The second-order valence-corrected chi connectivity index (χ2v) is 6.79. The number of rotatable bonds is 7. The van der Waals surface area contributed by atoms with E-state index in [0.717, 1.165) is 0 Å². The van der Waals surface area contributed by atoms with Crippen molar-refractivity contribution >= 4 is 22.9 Å². The van der Waals surface area contributed by atoms with Gasteiger partial charge in [0.2, 0.25) is 5.43 Å². The van der Waals surface area contributed by atoms with Gasteiger partial charge in [0.15, 0.2) is 0 Å². The lowest BCUT2D eigenvalue weighted by Gasteiger charge is -2.18. The number of carboxylic acids is 1. The average molecular weight is 348 g/mol. The number of aliphatic carboxylic acids is 1. The number of fused-ring (bicyclic) bond motifs is 1. The summed E-state index contributed by atoms with van der Waals surface area (Å²) in [6, 6.07) is 0. The van der Waals surface area contributed by atoms with Gasteiger partial charge in [0.05, 0.1) is 11.6 Å². The SMILES string of the molecule is CC(C)C[C@H](CNC(=O)c1cn(C)c2c(cnn2C)c1=O)CC(=O)O. The normalized spacial score (nSPS) is 12.5. The molecule has 136 valence electrons. The summed E-state index contributed by atoms with van der Waals surface area (Å²) in [6.45, 7) is 4.23. The molecule has 2 N–H and O–H groups in total. The fourth-order valence-corrected chi connectivity index (χ4v) is 3.11. The van der Waals surface area contributed by atoms with Gasteiger partial charge >= 0.3 is 5.97 Å². The van der Waals surface area contributed by atoms with Crippen LogP contribution in [0, 0.1) is 11.8 Å². The Morgan fingerprint density at radius 2 is 2.00 bits per heavy atom. The molecule has 8 nitrogen and oxygen atoms in total. The van der Waals surface area contributed by atoms with Crippen molar-refractivity contribution in [3.05, 3.63) is 28.2 Å². The fraction of sp³-hybridized carbons (Fsp3) is 0.529. The molecule has 0 saturated heterocycles. The van der Waals surface area contributed by atoms with Gasteiger partial charge in [-0.1, -0.05) is 13.8 Å². The summed E-state index contributed by atoms with van der Waals surface area (Å²) < 4.78 is 3.26. The molecule has 2 aromatic heterocycles. The molecule has 2 rings (SSSR count). The Morgan fingerprint density at radius 1 is 1.32 bits per heavy atom. The lowest BCUT2D eigenvalue weighted by atomic mass is 9.94. The van der Waals surface area contributed by atoms with Crippen LogP contribution in [0.5, 0.6) is 0 Å². The van der Waals surface area contributed by atoms with Crippen LogP contribution in [0.1, 0.15) is 37.0 Å². The number of carboxylic acid groups (broad SMARTS) is 1. The zero-order valence-electron chi connectivity index (χ0n) is 14.9. The van der Waals surface area contributed by atoms with Gasteiger partial charge in [-0.15, -0.1) is 0 Å². The van der Waals surface area contributed by atoms with Crippen molar-refractivity contribution in [2.75, 3.05) is 6.54 Å². The molecule has 25 heavy (non-hydrogen) atoms. The van der Waals surface area contributed by atoms with Crippen molar-refractivity contribution in [1.82, 2.24) is 19.7 Å². The minimum atomic E-state index is -0.896. The number of hydrogen-bond acceptors (Lipinski definition) is 4. The zero-order valence-corrected chi connectivity index (χ0v) is 14.9. The van der Waals surface area contributed by atoms with E-state index in [4.69, 9.17) is 5.11 Å². The molecule has 0 bridgehead atoms. The quantitative estimate of drug-likeness (QED) is 0.780. The predicted octanol–water partition coefficient (Wildman–Crippen LogP) is 1.14. The summed E-state index contributed by atoms with van der Waals surface area (Å²) in [6.07, 6.45) is 3.60. The molecule has 0 aliphatic heterocycles. The van der Waals surface area contributed by atoms with Crippen LogP contribution in [0.4, 0.5) is 0 Å². The van der Waals surface area contributed by atoms with Crippen LogP contribution in [0.15, 0.2) is 17.2 Å². The summed E-state index contributed by atoms with van der Waals surface area (Å²) in [5, 5.41) is 16.1. The first-order chi connectivity index (χ1) is 11.7. The Balaban J connectivity index is 2.20. The van der Waals surface area contributed by atoms with Crippen molar-refractivity contribution in [2.45, 2.75) is 26.7 Å². The highest BCUT2D eigenvalue weighted by Gasteiger charge is 2.20. The van der Waals surface area contributed by atoms with Gasteiger partial charge in [0, 0.05) is 33.3 Å². The Labute approximate surface area is 145 Å². The van der Waals surface area contributed by atoms with Crippen LogP contribution in [-0.4, -0.2) is 37.9 Å². The number of carbonyl (C=O) groups excluding carboxylic acids is 1. The monoisotopic (exact) mass is 348 g/mol. The molecule has 0 radical (unpaired) electrons. The highest BCUT2D eigenvalue weighted by atomic mass is 16.4. The maximum Gasteiger partial charge on any atom is 0.303 e. The van der Waals surface area contributed by atoms with E-state index in [1.807, 2.05) is 13.8 Å². The standard InChI is InChI=1S/C17H24N4O4/c1-10(2)5-11(6-14(22)23)7-18-16(25)13-9-20(3)17-12(15(13)24)8-19-21(17)4/h8-11H,5-7H2,1-4H3,(H,18,25)(H,22,23)/t11-/m0/s1. The number of aryl methyl sites for hydroxylation is 2. The summed E-state index contributed by atoms with van der Waals surface area (Å²) >= 11 is 0. The molecule has 0 saturated carbocycles. The highest BCUT2D eigenvalue weighted by molar-refractivity contribution is 5.96. The lowest BCUT2D eigenvalue weighted by molar-refractivity contribution is -0.138. The van der Waals surface area contributed by atoms with Crippen molar-refractivity contribution < 1.29 is 14.7 Å². The van der Waals surface area contributed by atoms with E-state index in [1.165, 1.54) is 12.4 Å². The summed E-state index contributed by atoms with van der Waals surface area (Å²) in [5.74, 6) is -1.24. The molecule has 0 aliphatic rings. The average Bonchev–Trinajstić information content (AvgIpc) is 2.90. The van der Waals surface area contributed by atoms with Gasteiger partial charge in [-0.2, -0.15) is 5.10 Å². The van der Waals surface area contributed by atoms with Crippen LogP contribution < -0.4 is 10.7 Å². The van der Waals surface area contributed by atoms with E-state index < -0.39 is 11.9 Å². The van der Waals surface area contributed by atoms with Crippen LogP contribution in [0.2, 0.25) is 0 Å². The zero-order chi connectivity index (χ0) is 18.7. The van der Waals surface area contributed by atoms with E-state index in [-0.39, 0.29) is 29.9 Å². The van der Waals surface area contributed by atoms with Gasteiger partial charge in [-0.25, -0.2) is 0 Å². The van der Waals surface area contributed by atoms with Crippen LogP contribution >= 0.6 is 0 Å². The molecule has 0 unspecified atom stereocenters. The Bertz CT molecular complexity index is 850. The Morgan fingerprint density at radius 3 is 2.60 bits per heavy atom. The van der Waals surface area contributed by atoms with Gasteiger partial charge in [0.25, 0.3) is 5.91 Å². The maximum atomic E-state index is 12.5. The van der Waals surface area contributed by atoms with Crippen molar-refractivity contribution in [3.63, 3.8) is 0 Å². The van der Waals surface area contributed by atoms with Crippen molar-refractivity contribution in [3.8, 4) is 0 Å². The summed E-state index contributed by atoms with van der Waals surface area (Å²) in [7, 11) is 3.47. The van der Waals surface area contributed by atoms with E-state index in [2.05, 4.69) is 10.4 Å². The van der Waals surface area contributed by atoms with E-state index in [1.54, 1.807) is 23.3 Å². The van der Waals surface area contributed by atoms with Crippen LogP contribution in [0.3, 0.4) is 0 Å². The minimum absolute atomic E-state index is 0.0158. The first-order valence-corrected chi connectivity index (χ1v) is 8.22. The molecular weight excluding hydrogens is 324 g/mol. The third-order valence-corrected chi connectivity index (χ3v) is 4.12. The minimum Gasteiger partial charge on any atom is -0.481 e. The highest BCUT2D eigenvalue weighted by Crippen LogP contribution is 2.15. The van der Waals surface area contributed by atoms with Crippen molar-refractivity contribution in [2.24, 2.45) is 25.9 Å². The third kappa shape index (κ3) is 4.26. The smallest absolute Gasteiger partial charge is 0.303 e. The topological polar surface area (TPSA) is 106 Å². The van der Waals surface area contributed by atoms with Gasteiger partial charge in [0.1, 0.15) is 11.2 Å². The number of carbonyl (C=O) groups is 2. The number of nitrogens with one attached hydrogen (secondary N) is 1. The number of aromatic nitrogens is 3. The van der Waals surface area contributed by atoms with Crippen LogP contribution in [0.25, 0.3) is 11.0 Å². The molecule has 1 amide bonds. The van der Waals surface area contributed by atoms with Gasteiger partial charge in [-0.3, -0.25) is 19.1 Å². The van der Waals surface area contributed by atoms with Gasteiger partial charge in [-0.05, 0) is 18.3 Å². The molecule has 0 aliphatic carbocycles. The summed E-state index contributed by atoms with van der Waals surface area (Å²) in [5.41, 5.74) is 0.282. The molecule has 0 aromatic carbocycles. The lowest BCUT2D eigenvalue weighted by Crippen LogP contribution is -2.34. The molecule has 2 heterocycles. The molecule has 0 spiro atoms. The second-order valence-electron chi connectivity index (χ2n) is 6.79. The largest absolute Gasteiger partial charge is 0.481 e. The maximum absolute atomic E-state index is 12.5. The first-order valence-electron chi connectivity index (χ1n) is 8.22. The third-order valence-electron chi connectivity index (χ3n) is 4.12. The Hall–Kier alpha value is -2.64. The molecule has 2 aromatic rings. The van der Waals surface area contributed by atoms with E-state index in [0.29, 0.717) is 23.4 Å². The number of amides is 1. The number of hydrogen-bond donors (Lipinski definition) is 2. The van der Waals surface area contributed by atoms with E-state index in [9.17, 15) is 14.4 Å². The molecule has 1 atom stereocenters. The predicted molar refractivity (Wildman–Crippen MR) is 93.5 cm³/mol. The molecular formula is C17H24N4O4. The van der Waals surface area contributed by atoms with Crippen LogP contribution in [-0.2, 0) is 18.9 Å². The van der Waals surface area contributed by atoms with E-state index >= 15 is 0 Å². The molecule has 0 fully saturated rings. The second kappa shape index (κ2) is 7.50. The Kier molecular flexibility index (Phi) is 5.61.